The molecule has 1 saturated carbocycles. The highest BCUT2D eigenvalue weighted by Crippen LogP contribution is 2.46. The largest absolute Gasteiger partial charge is 0.357 e. The number of rotatable bonds is 6. The molecule has 1 aromatic heterocycles. The summed E-state index contributed by atoms with van der Waals surface area (Å²) in [7, 11) is 0. The van der Waals surface area contributed by atoms with Crippen LogP contribution < -0.4 is 10.6 Å². The van der Waals surface area contributed by atoms with Gasteiger partial charge >= 0.3 is 0 Å². The van der Waals surface area contributed by atoms with Gasteiger partial charge in [-0.2, -0.15) is 0 Å². The van der Waals surface area contributed by atoms with E-state index in [2.05, 4.69) is 71.7 Å². The van der Waals surface area contributed by atoms with Crippen LogP contribution in [0.3, 0.4) is 0 Å². The van der Waals surface area contributed by atoms with Gasteiger partial charge in [-0.25, -0.2) is 9.98 Å². The van der Waals surface area contributed by atoms with Gasteiger partial charge in [-0.1, -0.05) is 30.3 Å². The fraction of sp³-hybridized carbons (Fsp3) is 0.474. The van der Waals surface area contributed by atoms with Crippen molar-refractivity contribution in [2.24, 2.45) is 10.9 Å². The summed E-state index contributed by atoms with van der Waals surface area (Å²) in [5.74, 6) is 2.30. The van der Waals surface area contributed by atoms with Crippen molar-refractivity contribution < 1.29 is 0 Å². The number of benzene rings is 1. The Morgan fingerprint density at radius 1 is 1.25 bits per heavy atom. The highest BCUT2D eigenvalue weighted by atomic mass is 32.1. The van der Waals surface area contributed by atoms with Gasteiger partial charge in [0.2, 0.25) is 0 Å². The van der Waals surface area contributed by atoms with Crippen molar-refractivity contribution in [2.75, 3.05) is 13.1 Å². The molecule has 0 amide bonds. The lowest BCUT2D eigenvalue weighted by Crippen LogP contribution is -2.38. The summed E-state index contributed by atoms with van der Waals surface area (Å²) in [6.07, 6.45) is 1.27. The number of hydrogen-bond donors (Lipinski definition) is 2. The van der Waals surface area contributed by atoms with Crippen LogP contribution in [-0.4, -0.2) is 24.0 Å². The van der Waals surface area contributed by atoms with Crippen LogP contribution in [0, 0.1) is 19.8 Å². The van der Waals surface area contributed by atoms with Crippen LogP contribution in [0.1, 0.15) is 40.4 Å². The van der Waals surface area contributed by atoms with Crippen molar-refractivity contribution in [3.05, 3.63) is 51.5 Å². The standard InChI is InChI=1S/C19H26N4S/c1-4-20-19(22-12-18-23-13(2)14(3)24-18)21-11-16-10-17(16)15-8-6-5-7-9-15/h5-9,16-17H,4,10-12H2,1-3H3,(H2,20,21,22). The molecule has 1 fully saturated rings. The molecule has 1 heterocycles. The van der Waals surface area contributed by atoms with Crippen LogP contribution in [0.4, 0.5) is 0 Å². The molecule has 0 aliphatic heterocycles. The lowest BCUT2D eigenvalue weighted by atomic mass is 10.1. The van der Waals surface area contributed by atoms with Gasteiger partial charge in [0, 0.05) is 18.0 Å². The number of nitrogens with one attached hydrogen (secondary N) is 2. The molecule has 24 heavy (non-hydrogen) atoms. The van der Waals surface area contributed by atoms with Gasteiger partial charge in [-0.15, -0.1) is 11.3 Å². The molecule has 5 heteroatoms. The van der Waals surface area contributed by atoms with Crippen molar-refractivity contribution in [3.63, 3.8) is 0 Å². The van der Waals surface area contributed by atoms with Gasteiger partial charge in [0.1, 0.15) is 5.01 Å². The van der Waals surface area contributed by atoms with Crippen LogP contribution in [0.2, 0.25) is 0 Å². The van der Waals surface area contributed by atoms with Crippen LogP contribution in [0.15, 0.2) is 35.3 Å². The molecule has 128 valence electrons. The summed E-state index contributed by atoms with van der Waals surface area (Å²) in [6, 6.07) is 10.8. The minimum absolute atomic E-state index is 0.640. The predicted molar refractivity (Wildman–Crippen MR) is 102 cm³/mol. The van der Waals surface area contributed by atoms with Gasteiger partial charge in [0.05, 0.1) is 12.2 Å². The first-order valence-corrected chi connectivity index (χ1v) is 9.49. The van der Waals surface area contributed by atoms with E-state index in [-0.39, 0.29) is 0 Å². The second kappa shape index (κ2) is 7.79. The quantitative estimate of drug-likeness (QED) is 0.623. The first-order valence-electron chi connectivity index (χ1n) is 8.67. The lowest BCUT2D eigenvalue weighted by Gasteiger charge is -2.10. The molecule has 3 rings (SSSR count). The molecule has 0 bridgehead atoms. The van der Waals surface area contributed by atoms with E-state index < -0.39 is 0 Å². The number of thiazole rings is 1. The maximum Gasteiger partial charge on any atom is 0.191 e. The van der Waals surface area contributed by atoms with E-state index in [0.29, 0.717) is 18.4 Å². The second-order valence-corrected chi connectivity index (χ2v) is 7.63. The maximum atomic E-state index is 4.68. The van der Waals surface area contributed by atoms with E-state index in [9.17, 15) is 0 Å². The molecular weight excluding hydrogens is 316 g/mol. The molecule has 0 saturated heterocycles. The molecule has 1 aromatic carbocycles. The first-order chi connectivity index (χ1) is 11.7. The predicted octanol–water partition coefficient (Wildman–Crippen LogP) is 3.62. The third kappa shape index (κ3) is 4.35. The van der Waals surface area contributed by atoms with Crippen LogP contribution in [-0.2, 0) is 6.54 Å². The third-order valence-electron chi connectivity index (χ3n) is 4.47. The molecule has 2 aromatic rings. The molecular formula is C19H26N4S. The summed E-state index contributed by atoms with van der Waals surface area (Å²) in [6.45, 7) is 8.75. The van der Waals surface area contributed by atoms with E-state index in [1.165, 1.54) is 16.9 Å². The average molecular weight is 343 g/mol. The Balaban J connectivity index is 1.52. The molecule has 0 radical (unpaired) electrons. The molecule has 2 atom stereocenters. The van der Waals surface area contributed by atoms with Gasteiger partial charge < -0.3 is 10.6 Å². The fourth-order valence-electron chi connectivity index (χ4n) is 2.90. The van der Waals surface area contributed by atoms with E-state index in [1.807, 2.05) is 0 Å². The van der Waals surface area contributed by atoms with Gasteiger partial charge in [0.15, 0.2) is 5.96 Å². The van der Waals surface area contributed by atoms with E-state index in [4.69, 9.17) is 0 Å². The highest BCUT2D eigenvalue weighted by Gasteiger charge is 2.37. The number of aryl methyl sites for hydroxylation is 2. The molecule has 2 unspecified atom stereocenters. The SMILES string of the molecule is CCNC(=NCc1nc(C)c(C)s1)NCC1CC1c1ccccc1. The first kappa shape index (κ1) is 17.0. The Morgan fingerprint density at radius 3 is 2.71 bits per heavy atom. The summed E-state index contributed by atoms with van der Waals surface area (Å²) >= 11 is 1.74. The lowest BCUT2D eigenvalue weighted by molar-refractivity contribution is 0.720. The zero-order valence-electron chi connectivity index (χ0n) is 14.7. The number of aliphatic imine (C=N–C) groups is 1. The third-order valence-corrected chi connectivity index (χ3v) is 5.53. The Hall–Kier alpha value is -1.88. The highest BCUT2D eigenvalue weighted by molar-refractivity contribution is 7.11. The van der Waals surface area contributed by atoms with Crippen molar-refractivity contribution in [1.82, 2.24) is 15.6 Å². The fourth-order valence-corrected chi connectivity index (χ4v) is 3.76. The minimum Gasteiger partial charge on any atom is -0.357 e. The Kier molecular flexibility index (Phi) is 5.51. The Labute approximate surface area is 148 Å². The smallest absolute Gasteiger partial charge is 0.191 e. The molecule has 2 N–H and O–H groups in total. The van der Waals surface area contributed by atoms with Gasteiger partial charge in [-0.05, 0) is 44.6 Å². The summed E-state index contributed by atoms with van der Waals surface area (Å²) in [4.78, 5) is 10.5. The van der Waals surface area contributed by atoms with Crippen molar-refractivity contribution >= 4 is 17.3 Å². The summed E-state index contributed by atoms with van der Waals surface area (Å²) < 4.78 is 0. The van der Waals surface area contributed by atoms with E-state index in [1.54, 1.807) is 11.3 Å². The van der Waals surface area contributed by atoms with E-state index >= 15 is 0 Å². The Bertz CT molecular complexity index is 673. The van der Waals surface area contributed by atoms with Crippen LogP contribution in [0.5, 0.6) is 0 Å². The minimum atomic E-state index is 0.640. The van der Waals surface area contributed by atoms with E-state index in [0.717, 1.165) is 29.8 Å². The molecule has 4 nitrogen and oxygen atoms in total. The van der Waals surface area contributed by atoms with Gasteiger partial charge in [-0.3, -0.25) is 0 Å². The monoisotopic (exact) mass is 342 g/mol. The number of hydrogen-bond acceptors (Lipinski definition) is 3. The molecule has 1 aliphatic carbocycles. The van der Waals surface area contributed by atoms with Crippen molar-refractivity contribution in [3.8, 4) is 0 Å². The topological polar surface area (TPSA) is 49.3 Å². The van der Waals surface area contributed by atoms with Crippen molar-refractivity contribution in [1.29, 1.82) is 0 Å². The summed E-state index contributed by atoms with van der Waals surface area (Å²) in [5, 5.41) is 7.90. The summed E-state index contributed by atoms with van der Waals surface area (Å²) in [5.41, 5.74) is 2.58. The maximum absolute atomic E-state index is 4.68. The number of nitrogens with zero attached hydrogens (tertiary/aromatic N) is 2. The average Bonchev–Trinajstić information content (AvgIpc) is 3.30. The number of aromatic nitrogens is 1. The van der Waals surface area contributed by atoms with Crippen LogP contribution >= 0.6 is 11.3 Å². The normalized spacial score (nSPS) is 20.0. The zero-order valence-corrected chi connectivity index (χ0v) is 15.5. The van der Waals surface area contributed by atoms with Crippen LogP contribution in [0.25, 0.3) is 0 Å². The molecule has 0 spiro atoms. The molecule has 1 aliphatic rings. The van der Waals surface area contributed by atoms with Gasteiger partial charge in [0.25, 0.3) is 0 Å². The second-order valence-electron chi connectivity index (χ2n) is 6.34. The number of guanidine groups is 1. The Morgan fingerprint density at radius 2 is 2.04 bits per heavy atom. The zero-order chi connectivity index (χ0) is 16.9. The van der Waals surface area contributed by atoms with Crippen molar-refractivity contribution in [2.45, 2.75) is 39.7 Å².